The number of hydrogen-bond acceptors (Lipinski definition) is 20. The summed E-state index contributed by atoms with van der Waals surface area (Å²) in [5.41, 5.74) is 6.63. The minimum atomic E-state index is -0.622. The van der Waals surface area contributed by atoms with Crippen LogP contribution in [-0.2, 0) is 48.1 Å². The number of para-hydroxylation sites is 1. The first-order valence-corrected chi connectivity index (χ1v) is 39.3. The van der Waals surface area contributed by atoms with Gasteiger partial charge in [0, 0.05) is 24.3 Å². The number of thiazole rings is 1. The van der Waals surface area contributed by atoms with Crippen molar-refractivity contribution in [1.82, 2.24) is 4.98 Å². The number of fused-ring (bicyclic) bond motifs is 4. The number of aromatic nitrogens is 1. The molecule has 1 aromatic heterocycles. The van der Waals surface area contributed by atoms with Crippen molar-refractivity contribution in [2.45, 2.75) is 179 Å². The summed E-state index contributed by atoms with van der Waals surface area (Å²) in [5.74, 6) is 1.59. The number of hydrazone groups is 1. The number of benzene rings is 6. The van der Waals surface area contributed by atoms with Crippen molar-refractivity contribution in [3.63, 3.8) is 0 Å². The Hall–Kier alpha value is -8.92. The summed E-state index contributed by atoms with van der Waals surface area (Å²) in [7, 11) is 0. The maximum Gasteiger partial charge on any atom is 0.330 e. The molecule has 3 aliphatic rings. The van der Waals surface area contributed by atoms with Gasteiger partial charge in [-0.25, -0.2) is 24.5 Å². The van der Waals surface area contributed by atoms with E-state index in [9.17, 15) is 24.4 Å². The monoisotopic (exact) mass is 1470 g/mol. The zero-order valence-corrected chi connectivity index (χ0v) is 62.1. The molecule has 0 bridgehead atoms. The summed E-state index contributed by atoms with van der Waals surface area (Å²) in [5, 5.41) is 18.6. The van der Waals surface area contributed by atoms with Gasteiger partial charge >= 0.3 is 23.9 Å². The average Bonchev–Trinajstić information content (AvgIpc) is 1.61. The van der Waals surface area contributed by atoms with Crippen molar-refractivity contribution in [3.8, 4) is 39.9 Å². The maximum atomic E-state index is 13.4. The SMILES string of the molecule is C=CC(=O)OCCCCCCOc1ccc(OOCC2CCC(C(OO)c3ccc(OOCC4CCC(C(=O)Oc5ccc(OCCCCCCOC(=O)C=C)cc5)CC4)c(/C=N/N(CCCCCCCCCCCCOC(=O)C4c5ccccc5-c5ccccc54)c4nc5ccccc5s4)c3)CC2)cc1. The Labute approximate surface area is 628 Å². The average molecular weight is 1470 g/mol. The molecule has 3 aliphatic carbocycles. The van der Waals surface area contributed by atoms with Gasteiger partial charge in [-0.1, -0.05) is 143 Å². The van der Waals surface area contributed by atoms with Crippen LogP contribution in [0.1, 0.15) is 201 Å². The fraction of sp³-hybridized carbons (Fsp3) is 0.465. The number of esters is 4. The van der Waals surface area contributed by atoms with Gasteiger partial charge in [0.1, 0.15) is 29.3 Å². The number of rotatable bonds is 48. The van der Waals surface area contributed by atoms with Crippen molar-refractivity contribution in [2.75, 3.05) is 57.8 Å². The minimum absolute atomic E-state index is 0.0161. The number of hydrogen-bond donors (Lipinski definition) is 1. The van der Waals surface area contributed by atoms with Gasteiger partial charge in [-0.3, -0.25) is 14.8 Å². The van der Waals surface area contributed by atoms with Crippen molar-refractivity contribution < 1.29 is 77.3 Å². The van der Waals surface area contributed by atoms with E-state index < -0.39 is 18.0 Å². The Morgan fingerprint density at radius 3 is 1.58 bits per heavy atom. The van der Waals surface area contributed by atoms with E-state index in [1.54, 1.807) is 29.7 Å². The second-order valence-corrected chi connectivity index (χ2v) is 28.8. The van der Waals surface area contributed by atoms with Crippen molar-refractivity contribution in [1.29, 1.82) is 0 Å². The van der Waals surface area contributed by atoms with Crippen molar-refractivity contribution in [3.05, 3.63) is 187 Å². The quantitative estimate of drug-likeness (QED) is 0.00548. The van der Waals surface area contributed by atoms with E-state index in [4.69, 9.17) is 62.9 Å². The van der Waals surface area contributed by atoms with E-state index in [1.807, 2.05) is 114 Å². The molecule has 6 aromatic carbocycles. The molecule has 2 fully saturated rings. The summed E-state index contributed by atoms with van der Waals surface area (Å²) < 4.78 is 34.7. The molecule has 2 saturated carbocycles. The second kappa shape index (κ2) is 44.3. The molecule has 1 N–H and O–H groups in total. The maximum absolute atomic E-state index is 13.4. The Morgan fingerprint density at radius 1 is 0.519 bits per heavy atom. The molecule has 566 valence electrons. The van der Waals surface area contributed by atoms with Crippen LogP contribution in [-0.4, -0.2) is 93.1 Å². The summed E-state index contributed by atoms with van der Waals surface area (Å²) in [6.45, 7) is 10.6. The van der Waals surface area contributed by atoms with Crippen LogP contribution >= 0.6 is 11.3 Å². The predicted molar refractivity (Wildman–Crippen MR) is 411 cm³/mol. The second-order valence-electron chi connectivity index (χ2n) is 27.8. The lowest BCUT2D eigenvalue weighted by Gasteiger charge is -2.32. The zero-order chi connectivity index (χ0) is 73.8. The first kappa shape index (κ1) is 79.6. The molecule has 7 aromatic rings. The Bertz CT molecular complexity index is 3790. The summed E-state index contributed by atoms with van der Waals surface area (Å²) in [6, 6.07) is 44.7. The summed E-state index contributed by atoms with van der Waals surface area (Å²) in [6.07, 6.45) is 27.5. The molecular formula is C86H105N3O16S. The van der Waals surface area contributed by atoms with Crippen LogP contribution in [0.15, 0.2) is 170 Å². The molecule has 19 nitrogen and oxygen atoms in total. The first-order chi connectivity index (χ1) is 52.1. The van der Waals surface area contributed by atoms with Crippen LogP contribution in [0.2, 0.25) is 0 Å². The zero-order valence-electron chi connectivity index (χ0n) is 61.3. The molecule has 0 radical (unpaired) electrons. The highest BCUT2D eigenvalue weighted by molar-refractivity contribution is 7.22. The van der Waals surface area contributed by atoms with Crippen LogP contribution in [0.4, 0.5) is 5.13 Å². The van der Waals surface area contributed by atoms with E-state index in [1.165, 1.54) is 25.0 Å². The lowest BCUT2D eigenvalue weighted by molar-refractivity contribution is -0.296. The van der Waals surface area contributed by atoms with Gasteiger partial charge in [-0.2, -0.15) is 14.9 Å². The molecule has 1 atom stereocenters. The highest BCUT2D eigenvalue weighted by Gasteiger charge is 2.35. The third-order valence-electron chi connectivity index (χ3n) is 20.1. The number of nitrogens with zero attached hydrogens (tertiary/aromatic N) is 3. The van der Waals surface area contributed by atoms with Crippen LogP contribution in [0, 0.1) is 23.7 Å². The normalized spacial score (nSPS) is 16.5. The van der Waals surface area contributed by atoms with E-state index in [0.717, 1.165) is 190 Å². The molecule has 106 heavy (non-hydrogen) atoms. The van der Waals surface area contributed by atoms with Crippen LogP contribution in [0.5, 0.6) is 28.7 Å². The Morgan fingerprint density at radius 2 is 1.01 bits per heavy atom. The smallest absolute Gasteiger partial charge is 0.330 e. The van der Waals surface area contributed by atoms with E-state index in [0.29, 0.717) is 94.2 Å². The summed E-state index contributed by atoms with van der Waals surface area (Å²) in [4.78, 5) is 83.4. The topological polar surface area (TPSA) is 219 Å². The van der Waals surface area contributed by atoms with Gasteiger partial charge < -0.3 is 38.2 Å². The Kier molecular flexibility index (Phi) is 33.3. The first-order valence-electron chi connectivity index (χ1n) is 38.4. The van der Waals surface area contributed by atoms with E-state index in [-0.39, 0.29) is 41.5 Å². The highest BCUT2D eigenvalue weighted by Crippen LogP contribution is 2.46. The molecule has 0 aliphatic heterocycles. The molecule has 1 unspecified atom stereocenters. The predicted octanol–water partition coefficient (Wildman–Crippen LogP) is 19.8. The van der Waals surface area contributed by atoms with Gasteiger partial charge in [0.2, 0.25) is 5.13 Å². The van der Waals surface area contributed by atoms with Crippen LogP contribution < -0.4 is 29.0 Å². The van der Waals surface area contributed by atoms with Crippen LogP contribution in [0.25, 0.3) is 21.3 Å². The third-order valence-corrected chi connectivity index (χ3v) is 21.2. The lowest BCUT2D eigenvalue weighted by atomic mass is 9.78. The van der Waals surface area contributed by atoms with Gasteiger partial charge in [-0.05, 0) is 234 Å². The molecule has 0 amide bonds. The number of unbranched alkanes of at least 4 members (excludes halogenated alkanes) is 15. The molecule has 10 rings (SSSR count). The largest absolute Gasteiger partial charge is 0.494 e. The van der Waals surface area contributed by atoms with Gasteiger partial charge in [0.25, 0.3) is 0 Å². The molecule has 0 saturated heterocycles. The third kappa shape index (κ3) is 25.4. The molecule has 20 heteroatoms. The Balaban J connectivity index is 0.691. The fourth-order valence-corrected chi connectivity index (χ4v) is 15.0. The van der Waals surface area contributed by atoms with Gasteiger partial charge in [0.15, 0.2) is 11.5 Å². The van der Waals surface area contributed by atoms with Crippen molar-refractivity contribution >= 4 is 56.8 Å². The highest BCUT2D eigenvalue weighted by atomic mass is 32.1. The van der Waals surface area contributed by atoms with Gasteiger partial charge in [-0.15, -0.1) is 0 Å². The van der Waals surface area contributed by atoms with E-state index >= 15 is 0 Å². The number of carbonyl (C=O) groups is 4. The van der Waals surface area contributed by atoms with Gasteiger partial charge in [0.05, 0.1) is 68.6 Å². The number of anilines is 1. The lowest BCUT2D eigenvalue weighted by Crippen LogP contribution is -2.27. The van der Waals surface area contributed by atoms with Crippen LogP contribution in [0.3, 0.4) is 0 Å². The van der Waals surface area contributed by atoms with Crippen molar-refractivity contribution in [2.24, 2.45) is 28.8 Å². The molecular weight excluding hydrogens is 1360 g/mol. The number of carbonyl (C=O) groups excluding carboxylic acids is 4. The standard InChI is InChI=1S/C86H105N3O16S/c1-3-80(90)97-56-26-15-13-24-54-95-69-44-48-71(49-45-69)102-84(92)66-41-37-64(38-42-66)62-101-105-78-52-43-67(83(103-94)65-39-35-63(36-40-65)61-100-104-72-50-46-70(47-51-72)96-55-25-14-16-27-57-98-81(91)4-2)59-68(78)60-87-89(86-88-77-33-21-22-34-79(77)106-86)53-23-11-9-7-5-6-8-10-12-28-58-99-85(93)82-75-31-19-17-29-73(75)74-30-18-20-32-76(74)82/h3-4,17-22,29-34,43-52,59-60,63-66,82-83,94H,1-2,5-16,23-28,35-42,53-58,61-62H2/b87-60+. The number of ether oxygens (including phenoxy) is 6. The molecule has 0 spiro atoms. The molecule has 1 heterocycles. The van der Waals surface area contributed by atoms with E-state index in [2.05, 4.69) is 31.4 Å². The fourth-order valence-electron chi connectivity index (χ4n) is 14.1. The summed E-state index contributed by atoms with van der Waals surface area (Å²) >= 11 is 1.60. The minimum Gasteiger partial charge on any atom is -0.494 e.